The highest BCUT2D eigenvalue weighted by molar-refractivity contribution is 5.96. The van der Waals surface area contributed by atoms with E-state index < -0.39 is 11.2 Å². The van der Waals surface area contributed by atoms with E-state index in [0.29, 0.717) is 31.3 Å². The van der Waals surface area contributed by atoms with Gasteiger partial charge in [0.25, 0.3) is 0 Å². The van der Waals surface area contributed by atoms with Crippen molar-refractivity contribution in [3.63, 3.8) is 0 Å². The molecule has 0 aromatic carbocycles. The molecule has 40 heavy (non-hydrogen) atoms. The summed E-state index contributed by atoms with van der Waals surface area (Å²) < 4.78 is 18.0. The second-order valence-electron chi connectivity index (χ2n) is 14.2. The van der Waals surface area contributed by atoms with Crippen LogP contribution in [0.15, 0.2) is 59.8 Å². The Morgan fingerprint density at radius 1 is 0.825 bits per heavy atom. The van der Waals surface area contributed by atoms with Crippen LogP contribution in [0.1, 0.15) is 94.4 Å². The predicted molar refractivity (Wildman–Crippen MR) is 157 cm³/mol. The number of hydrogen-bond donors (Lipinski definition) is 1. The molecule has 2 aliphatic heterocycles. The van der Waals surface area contributed by atoms with Crippen LogP contribution >= 0.6 is 0 Å². The number of hydrogen-bond acceptors (Lipinski definition) is 6. The van der Waals surface area contributed by atoms with E-state index in [-0.39, 0.29) is 46.0 Å². The number of aliphatic hydroxyl groups is 1. The summed E-state index contributed by atoms with van der Waals surface area (Å²) in [6.45, 7) is 18.0. The van der Waals surface area contributed by atoms with Crippen molar-refractivity contribution in [3.05, 3.63) is 59.8 Å². The fourth-order valence-corrected chi connectivity index (χ4v) is 7.81. The van der Waals surface area contributed by atoms with Crippen LogP contribution in [0.4, 0.5) is 0 Å². The average molecular weight is 553 g/mol. The van der Waals surface area contributed by atoms with Gasteiger partial charge in [-0.1, -0.05) is 75.8 Å². The van der Waals surface area contributed by atoms with Crippen LogP contribution in [-0.4, -0.2) is 51.5 Å². The molecule has 4 aliphatic rings. The number of allylic oxidation sites excluding steroid dienone is 9. The molecule has 2 aliphatic carbocycles. The molecule has 2 heterocycles. The maximum atomic E-state index is 13.0. The second kappa shape index (κ2) is 10.2. The summed E-state index contributed by atoms with van der Waals surface area (Å²) >= 11 is 0. The van der Waals surface area contributed by atoms with Gasteiger partial charge in [0.1, 0.15) is 22.9 Å². The molecular weight excluding hydrogens is 504 g/mol. The van der Waals surface area contributed by atoms with Crippen molar-refractivity contribution in [1.29, 1.82) is 0 Å². The molecule has 0 spiro atoms. The highest BCUT2D eigenvalue weighted by Crippen LogP contribution is 2.67. The minimum atomic E-state index is -0.496. The van der Waals surface area contributed by atoms with Crippen molar-refractivity contribution in [2.24, 2.45) is 10.8 Å². The van der Waals surface area contributed by atoms with E-state index in [1.807, 2.05) is 50.3 Å². The topological polar surface area (TPSA) is 88.7 Å². The molecule has 0 bridgehead atoms. The third kappa shape index (κ3) is 5.35. The summed E-state index contributed by atoms with van der Waals surface area (Å²) in [7, 11) is 0. The van der Waals surface area contributed by atoms with E-state index in [9.17, 15) is 14.7 Å². The van der Waals surface area contributed by atoms with E-state index in [2.05, 4.69) is 53.7 Å². The molecule has 0 aromatic rings. The summed E-state index contributed by atoms with van der Waals surface area (Å²) in [5.74, 6) is -0.156. The molecule has 4 rings (SSSR count). The van der Waals surface area contributed by atoms with E-state index in [4.69, 9.17) is 14.2 Å². The van der Waals surface area contributed by atoms with Gasteiger partial charge >= 0.3 is 5.97 Å². The third-order valence-corrected chi connectivity index (χ3v) is 9.97. The molecule has 0 aromatic heterocycles. The van der Waals surface area contributed by atoms with Crippen molar-refractivity contribution in [1.82, 2.24) is 0 Å². The van der Waals surface area contributed by atoms with Gasteiger partial charge in [0.15, 0.2) is 5.78 Å². The Bertz CT molecular complexity index is 1200. The zero-order valence-electron chi connectivity index (χ0n) is 25.8. The van der Waals surface area contributed by atoms with E-state index in [1.165, 1.54) is 6.92 Å². The van der Waals surface area contributed by atoms with Gasteiger partial charge < -0.3 is 19.3 Å². The van der Waals surface area contributed by atoms with Gasteiger partial charge in [-0.3, -0.25) is 9.59 Å². The first-order valence-corrected chi connectivity index (χ1v) is 14.6. The number of esters is 1. The van der Waals surface area contributed by atoms with Crippen LogP contribution in [0.3, 0.4) is 0 Å². The monoisotopic (exact) mass is 552 g/mol. The highest BCUT2D eigenvalue weighted by Gasteiger charge is 2.76. The lowest BCUT2D eigenvalue weighted by atomic mass is 9.61. The largest absolute Gasteiger partial charge is 0.462 e. The first-order valence-electron chi connectivity index (χ1n) is 14.6. The van der Waals surface area contributed by atoms with Gasteiger partial charge in [-0.15, -0.1) is 0 Å². The number of ether oxygens (including phenoxy) is 3. The van der Waals surface area contributed by atoms with Crippen LogP contribution in [0.2, 0.25) is 0 Å². The van der Waals surface area contributed by atoms with E-state index >= 15 is 0 Å². The molecule has 220 valence electrons. The molecule has 6 atom stereocenters. The number of aliphatic hydroxyl groups excluding tert-OH is 1. The lowest BCUT2D eigenvalue weighted by Gasteiger charge is -2.40. The summed E-state index contributed by atoms with van der Waals surface area (Å²) in [6, 6.07) is 0. The normalized spacial score (nSPS) is 40.2. The molecule has 0 radical (unpaired) electrons. The van der Waals surface area contributed by atoms with Gasteiger partial charge in [0.05, 0.1) is 11.7 Å². The lowest BCUT2D eigenvalue weighted by molar-refractivity contribution is -0.149. The second-order valence-corrected chi connectivity index (χ2v) is 14.2. The number of epoxide rings is 2. The number of ketones is 1. The average Bonchev–Trinajstić information content (AvgIpc) is 3.63. The molecule has 0 amide bonds. The number of rotatable bonds is 9. The van der Waals surface area contributed by atoms with Crippen molar-refractivity contribution in [3.8, 4) is 0 Å². The van der Waals surface area contributed by atoms with Crippen LogP contribution in [0.25, 0.3) is 0 Å². The minimum absolute atomic E-state index is 0.0844. The highest BCUT2D eigenvalue weighted by atomic mass is 16.6. The SMILES string of the molecule is CC(=O)O[C@H]1CC(C)(C)[C@]2(/C=C/C(C)=C/C=C/C=C/C=C(\C)C(=O)C[C@@]34O[C@]3(C)C[C@@H](O)CC4(C)C)O[C@]2(C)C1. The van der Waals surface area contributed by atoms with Gasteiger partial charge in [0.2, 0.25) is 0 Å². The van der Waals surface area contributed by atoms with E-state index in [1.54, 1.807) is 0 Å². The summed E-state index contributed by atoms with van der Waals surface area (Å²) in [5.41, 5.74) is -0.225. The van der Waals surface area contributed by atoms with Gasteiger partial charge in [0, 0.05) is 31.6 Å². The Kier molecular flexibility index (Phi) is 7.83. The Morgan fingerprint density at radius 3 is 2.08 bits per heavy atom. The Labute approximate surface area is 240 Å². The van der Waals surface area contributed by atoms with E-state index in [0.717, 1.165) is 12.0 Å². The maximum Gasteiger partial charge on any atom is 0.302 e. The molecule has 2 saturated heterocycles. The standard InChI is InChI=1S/C34H48O6/c1-23(16-17-33-30(6,7)20-27(38-25(3)35)21-32(33,9)39-33)14-12-10-11-13-15-24(2)28(37)22-34-29(4,5)18-26(36)19-31(34,8)40-34/h10-17,26-27,36H,18-22H2,1-9H3/b12-10+,13-11+,17-16+,23-14+,24-15+/t26-,27-,31+,32+,33-,34-/m0/s1. The summed E-state index contributed by atoms with van der Waals surface area (Å²) in [4.78, 5) is 24.5. The molecule has 0 unspecified atom stereocenters. The smallest absolute Gasteiger partial charge is 0.302 e. The Morgan fingerprint density at radius 2 is 1.48 bits per heavy atom. The van der Waals surface area contributed by atoms with Gasteiger partial charge in [-0.2, -0.15) is 0 Å². The lowest BCUT2D eigenvalue weighted by Crippen LogP contribution is -2.48. The van der Waals surface area contributed by atoms with Crippen LogP contribution < -0.4 is 0 Å². The fourth-order valence-electron chi connectivity index (χ4n) is 7.81. The summed E-state index contributed by atoms with van der Waals surface area (Å²) in [6.07, 6.45) is 18.4. The first kappa shape index (κ1) is 30.7. The third-order valence-electron chi connectivity index (χ3n) is 9.97. The molecule has 4 fully saturated rings. The molecule has 1 N–H and O–H groups in total. The van der Waals surface area contributed by atoms with Crippen molar-refractivity contribution in [2.75, 3.05) is 0 Å². The van der Waals surface area contributed by atoms with Crippen LogP contribution in [0, 0.1) is 10.8 Å². The Hall–Kier alpha value is -2.28. The van der Waals surface area contributed by atoms with Crippen molar-refractivity contribution < 1.29 is 28.9 Å². The number of Topliss-reactive ketones (excluding diaryl/α,β-unsaturated/α-hetero) is 1. The minimum Gasteiger partial charge on any atom is -0.462 e. The molecule has 6 heteroatoms. The first-order chi connectivity index (χ1) is 18.4. The quantitative estimate of drug-likeness (QED) is 0.152. The maximum absolute atomic E-state index is 13.0. The fraction of sp³-hybridized carbons (Fsp3) is 0.647. The van der Waals surface area contributed by atoms with Gasteiger partial charge in [-0.25, -0.2) is 0 Å². The number of carbonyl (C=O) groups is 2. The van der Waals surface area contributed by atoms with Crippen LogP contribution in [-0.2, 0) is 23.8 Å². The molecule has 2 saturated carbocycles. The Balaban J connectivity index is 1.31. The molecular formula is C34H48O6. The van der Waals surface area contributed by atoms with Crippen molar-refractivity contribution in [2.45, 2.75) is 129 Å². The predicted octanol–water partition coefficient (Wildman–Crippen LogP) is 6.49. The summed E-state index contributed by atoms with van der Waals surface area (Å²) in [5, 5.41) is 10.2. The van der Waals surface area contributed by atoms with Crippen molar-refractivity contribution >= 4 is 11.8 Å². The van der Waals surface area contributed by atoms with Crippen LogP contribution in [0.5, 0.6) is 0 Å². The number of fused-ring (bicyclic) bond motifs is 2. The van der Waals surface area contributed by atoms with Gasteiger partial charge in [-0.05, 0) is 57.6 Å². The molecule has 6 nitrogen and oxygen atoms in total. The number of carbonyl (C=O) groups excluding carboxylic acids is 2. The zero-order chi connectivity index (χ0) is 29.8. The zero-order valence-corrected chi connectivity index (χ0v) is 25.8.